The fraction of sp³-hybridized carbons (Fsp3) is 0.389. The second kappa shape index (κ2) is 7.23. The Balaban J connectivity index is 1.82. The van der Waals surface area contributed by atoms with Crippen LogP contribution in [0.2, 0.25) is 0 Å². The smallest absolute Gasteiger partial charge is 0.264 e. The number of rotatable bonds is 4. The summed E-state index contributed by atoms with van der Waals surface area (Å²) in [4.78, 5) is 17.7. The second-order valence-corrected chi connectivity index (χ2v) is 6.79. The quantitative estimate of drug-likeness (QED) is 0.854. The molecule has 0 radical (unpaired) electrons. The van der Waals surface area contributed by atoms with Gasteiger partial charge in [0.05, 0.1) is 25.1 Å². The van der Waals surface area contributed by atoms with Gasteiger partial charge in [-0.05, 0) is 36.2 Å². The standard InChI is InChI=1S/C18H22N2O3S/c1-19-8-9-20(18(21)17-5-4-10-24-17)12-14(19)13-6-7-15(22-2)16(11-13)23-3/h4-7,10-11,14H,8-9,12H2,1-3H3. The summed E-state index contributed by atoms with van der Waals surface area (Å²) in [7, 11) is 5.36. The zero-order valence-corrected chi connectivity index (χ0v) is 15.0. The predicted octanol–water partition coefficient (Wildman–Crippen LogP) is 2.89. The molecule has 2 heterocycles. The number of amides is 1. The Labute approximate surface area is 146 Å². The molecule has 5 nitrogen and oxygen atoms in total. The number of thiophene rings is 1. The lowest BCUT2D eigenvalue weighted by atomic mass is 10.0. The first kappa shape index (κ1) is 16.8. The minimum atomic E-state index is 0.114. The Hall–Kier alpha value is -2.05. The van der Waals surface area contributed by atoms with Crippen LogP contribution in [-0.2, 0) is 0 Å². The first-order chi connectivity index (χ1) is 11.6. The molecule has 0 bridgehead atoms. The summed E-state index contributed by atoms with van der Waals surface area (Å²) in [6.07, 6.45) is 0. The highest BCUT2D eigenvalue weighted by atomic mass is 32.1. The van der Waals surface area contributed by atoms with Crippen LogP contribution < -0.4 is 9.47 Å². The maximum atomic E-state index is 12.6. The van der Waals surface area contributed by atoms with E-state index >= 15 is 0 Å². The number of nitrogens with zero attached hydrogens (tertiary/aromatic N) is 2. The van der Waals surface area contributed by atoms with Crippen molar-refractivity contribution in [1.29, 1.82) is 0 Å². The number of likely N-dealkylation sites (N-methyl/N-ethyl adjacent to an activating group) is 1. The minimum Gasteiger partial charge on any atom is -0.493 e. The van der Waals surface area contributed by atoms with Crippen LogP contribution in [-0.4, -0.2) is 56.6 Å². The predicted molar refractivity (Wildman–Crippen MR) is 95.1 cm³/mol. The molecule has 1 amide bonds. The van der Waals surface area contributed by atoms with Crippen LogP contribution in [0.15, 0.2) is 35.7 Å². The molecule has 1 atom stereocenters. The molecule has 6 heteroatoms. The Kier molecular flexibility index (Phi) is 5.06. The summed E-state index contributed by atoms with van der Waals surface area (Å²) in [5, 5.41) is 1.94. The number of carbonyl (C=O) groups excluding carboxylic acids is 1. The van der Waals surface area contributed by atoms with E-state index in [4.69, 9.17) is 9.47 Å². The number of hydrogen-bond acceptors (Lipinski definition) is 5. The Morgan fingerprint density at radius 3 is 2.62 bits per heavy atom. The zero-order chi connectivity index (χ0) is 17.1. The van der Waals surface area contributed by atoms with Gasteiger partial charge in [0.15, 0.2) is 11.5 Å². The van der Waals surface area contributed by atoms with Crippen LogP contribution in [0.25, 0.3) is 0 Å². The molecule has 1 aromatic carbocycles. The molecule has 0 N–H and O–H groups in total. The van der Waals surface area contributed by atoms with Gasteiger partial charge in [-0.2, -0.15) is 0 Å². The lowest BCUT2D eigenvalue weighted by Gasteiger charge is -2.39. The van der Waals surface area contributed by atoms with Crippen molar-refractivity contribution in [2.45, 2.75) is 6.04 Å². The molecule has 3 rings (SSSR count). The number of benzene rings is 1. The van der Waals surface area contributed by atoms with Crippen molar-refractivity contribution >= 4 is 17.2 Å². The zero-order valence-electron chi connectivity index (χ0n) is 14.2. The molecule has 2 aromatic rings. The highest BCUT2D eigenvalue weighted by Crippen LogP contribution is 2.33. The van der Waals surface area contributed by atoms with E-state index in [-0.39, 0.29) is 11.9 Å². The van der Waals surface area contributed by atoms with Gasteiger partial charge in [-0.15, -0.1) is 11.3 Å². The van der Waals surface area contributed by atoms with E-state index in [2.05, 4.69) is 11.9 Å². The third-order valence-electron chi connectivity index (χ3n) is 4.46. The first-order valence-corrected chi connectivity index (χ1v) is 8.77. The summed E-state index contributed by atoms with van der Waals surface area (Å²) < 4.78 is 10.7. The molecule has 1 saturated heterocycles. The summed E-state index contributed by atoms with van der Waals surface area (Å²) in [6.45, 7) is 2.26. The van der Waals surface area contributed by atoms with Crippen LogP contribution in [0.3, 0.4) is 0 Å². The third-order valence-corrected chi connectivity index (χ3v) is 5.32. The second-order valence-electron chi connectivity index (χ2n) is 5.84. The molecule has 24 heavy (non-hydrogen) atoms. The van der Waals surface area contributed by atoms with Crippen molar-refractivity contribution in [2.75, 3.05) is 40.9 Å². The lowest BCUT2D eigenvalue weighted by molar-refractivity contribution is 0.0550. The van der Waals surface area contributed by atoms with Crippen molar-refractivity contribution in [1.82, 2.24) is 9.80 Å². The van der Waals surface area contributed by atoms with E-state index in [1.165, 1.54) is 11.3 Å². The summed E-state index contributed by atoms with van der Waals surface area (Å²) in [6, 6.07) is 9.90. The van der Waals surface area contributed by atoms with Crippen molar-refractivity contribution in [3.63, 3.8) is 0 Å². The minimum absolute atomic E-state index is 0.114. The van der Waals surface area contributed by atoms with Crippen LogP contribution in [0.4, 0.5) is 0 Å². The molecule has 1 aromatic heterocycles. The van der Waals surface area contributed by atoms with E-state index in [0.29, 0.717) is 18.0 Å². The molecule has 1 fully saturated rings. The Bertz CT molecular complexity index is 702. The molecular formula is C18H22N2O3S. The van der Waals surface area contributed by atoms with Gasteiger partial charge in [0, 0.05) is 19.6 Å². The molecule has 1 unspecified atom stereocenters. The fourth-order valence-electron chi connectivity index (χ4n) is 3.03. The van der Waals surface area contributed by atoms with Gasteiger partial charge in [0.1, 0.15) is 0 Å². The number of carbonyl (C=O) groups is 1. The van der Waals surface area contributed by atoms with E-state index in [9.17, 15) is 4.79 Å². The molecule has 0 saturated carbocycles. The van der Waals surface area contributed by atoms with Gasteiger partial charge in [0.2, 0.25) is 0 Å². The number of ether oxygens (including phenoxy) is 2. The third kappa shape index (κ3) is 3.25. The summed E-state index contributed by atoms with van der Waals surface area (Å²) >= 11 is 1.49. The first-order valence-electron chi connectivity index (χ1n) is 7.89. The summed E-state index contributed by atoms with van der Waals surface area (Å²) in [5.41, 5.74) is 1.12. The van der Waals surface area contributed by atoms with Crippen molar-refractivity contribution in [3.05, 3.63) is 46.2 Å². The van der Waals surface area contributed by atoms with E-state index < -0.39 is 0 Å². The van der Waals surface area contributed by atoms with Gasteiger partial charge < -0.3 is 14.4 Å². The monoisotopic (exact) mass is 346 g/mol. The van der Waals surface area contributed by atoms with Crippen molar-refractivity contribution < 1.29 is 14.3 Å². The normalized spacial score (nSPS) is 18.5. The molecule has 0 aliphatic carbocycles. The van der Waals surface area contributed by atoms with E-state index in [0.717, 1.165) is 23.5 Å². The average molecular weight is 346 g/mol. The molecule has 128 valence electrons. The van der Waals surface area contributed by atoms with E-state index in [1.807, 2.05) is 40.6 Å². The summed E-state index contributed by atoms with van der Waals surface area (Å²) in [5.74, 6) is 1.54. The Morgan fingerprint density at radius 2 is 1.96 bits per heavy atom. The van der Waals surface area contributed by atoms with Gasteiger partial charge in [-0.1, -0.05) is 12.1 Å². The topological polar surface area (TPSA) is 42.0 Å². The molecular weight excluding hydrogens is 324 g/mol. The fourth-order valence-corrected chi connectivity index (χ4v) is 3.73. The molecule has 0 spiro atoms. The Morgan fingerprint density at radius 1 is 1.17 bits per heavy atom. The van der Waals surface area contributed by atoms with Crippen molar-refractivity contribution in [3.8, 4) is 11.5 Å². The van der Waals surface area contributed by atoms with E-state index in [1.54, 1.807) is 14.2 Å². The molecule has 1 aliphatic heterocycles. The van der Waals surface area contributed by atoms with Gasteiger partial charge in [0.25, 0.3) is 5.91 Å². The van der Waals surface area contributed by atoms with Crippen LogP contribution in [0.5, 0.6) is 11.5 Å². The maximum Gasteiger partial charge on any atom is 0.264 e. The lowest BCUT2D eigenvalue weighted by Crippen LogP contribution is -2.48. The highest BCUT2D eigenvalue weighted by Gasteiger charge is 2.29. The number of methoxy groups -OCH3 is 2. The average Bonchev–Trinajstić information content (AvgIpc) is 3.15. The van der Waals surface area contributed by atoms with Gasteiger partial charge in [-0.25, -0.2) is 0 Å². The van der Waals surface area contributed by atoms with Gasteiger partial charge in [-0.3, -0.25) is 9.69 Å². The van der Waals surface area contributed by atoms with Gasteiger partial charge >= 0.3 is 0 Å². The largest absolute Gasteiger partial charge is 0.493 e. The van der Waals surface area contributed by atoms with Crippen LogP contribution in [0.1, 0.15) is 21.3 Å². The number of piperazine rings is 1. The maximum absolute atomic E-state index is 12.6. The molecule has 1 aliphatic rings. The number of hydrogen-bond donors (Lipinski definition) is 0. The van der Waals surface area contributed by atoms with Crippen molar-refractivity contribution in [2.24, 2.45) is 0 Å². The SMILES string of the molecule is COc1ccc(C2CN(C(=O)c3cccs3)CCN2C)cc1OC. The van der Waals surface area contributed by atoms with Crippen LogP contribution >= 0.6 is 11.3 Å². The highest BCUT2D eigenvalue weighted by molar-refractivity contribution is 7.12. The van der Waals surface area contributed by atoms with Crippen LogP contribution in [0, 0.1) is 0 Å².